The van der Waals surface area contributed by atoms with Crippen molar-refractivity contribution < 1.29 is 4.79 Å². The van der Waals surface area contributed by atoms with Crippen molar-refractivity contribution in [3.63, 3.8) is 0 Å². The number of rotatable bonds is 4. The van der Waals surface area contributed by atoms with E-state index in [9.17, 15) is 4.79 Å². The van der Waals surface area contributed by atoms with Gasteiger partial charge in [-0.25, -0.2) is 4.79 Å². The van der Waals surface area contributed by atoms with Gasteiger partial charge in [-0.15, -0.1) is 21.5 Å². The molecule has 0 fully saturated rings. The quantitative estimate of drug-likeness (QED) is 0.308. The van der Waals surface area contributed by atoms with E-state index in [0.29, 0.717) is 32.9 Å². The second-order valence-electron chi connectivity index (χ2n) is 6.77. The van der Waals surface area contributed by atoms with Crippen LogP contribution in [-0.2, 0) is 0 Å². The third kappa shape index (κ3) is 4.16. The zero-order valence-electron chi connectivity index (χ0n) is 16.3. The van der Waals surface area contributed by atoms with E-state index < -0.39 is 6.03 Å². The second-order valence-corrected chi connectivity index (χ2v) is 8.56. The first-order chi connectivity index (χ1) is 15.6. The molecule has 158 valence electrons. The smallest absolute Gasteiger partial charge is 0.308 e. The molecule has 0 aliphatic rings. The number of carbonyl (C=O) groups excluding carboxylic acids is 1. The number of fused-ring (bicyclic) bond motifs is 1. The van der Waals surface area contributed by atoms with Crippen LogP contribution in [0.1, 0.15) is 0 Å². The first kappa shape index (κ1) is 20.4. The molecule has 32 heavy (non-hydrogen) atoms. The Balaban J connectivity index is 1.39. The molecule has 2 amide bonds. The lowest BCUT2D eigenvalue weighted by Crippen LogP contribution is -2.19. The number of nitrogens with one attached hydrogen (secondary N) is 2. The zero-order valence-corrected chi connectivity index (χ0v) is 18.6. The number of hydrogen-bond acceptors (Lipinski definition) is 5. The predicted octanol–water partition coefficient (Wildman–Crippen LogP) is 6.47. The maximum Gasteiger partial charge on any atom is 0.323 e. The van der Waals surface area contributed by atoms with Gasteiger partial charge >= 0.3 is 6.03 Å². The lowest BCUT2D eigenvalue weighted by molar-refractivity contribution is 0.262. The molecule has 2 N–H and O–H groups in total. The molecule has 0 saturated carbocycles. The van der Waals surface area contributed by atoms with Crippen LogP contribution >= 0.6 is 34.5 Å². The number of halogens is 2. The summed E-state index contributed by atoms with van der Waals surface area (Å²) in [6, 6.07) is 19.5. The molecule has 10 heteroatoms. The normalized spacial score (nSPS) is 10.9. The minimum Gasteiger partial charge on any atom is -0.308 e. The number of aromatic nitrogens is 4. The van der Waals surface area contributed by atoms with Gasteiger partial charge in [-0.2, -0.15) is 9.61 Å². The van der Waals surface area contributed by atoms with E-state index in [1.807, 2.05) is 47.8 Å². The summed E-state index contributed by atoms with van der Waals surface area (Å²) in [5.41, 5.74) is 3.28. The standard InChI is InChI=1S/C22H14Cl2N6OS/c23-14-6-7-18(16(24)12-14)26-22(31)25-15-4-1-3-13(11-15)17-8-9-20-27-28-21(30(20)29-17)19-5-2-10-32-19/h1-12H,(H2,25,26,31). The Hall–Kier alpha value is -3.46. The van der Waals surface area contributed by atoms with Crippen molar-refractivity contribution in [3.05, 3.63) is 82.2 Å². The Morgan fingerprint density at radius 2 is 1.84 bits per heavy atom. The molecule has 3 heterocycles. The van der Waals surface area contributed by atoms with Gasteiger partial charge in [-0.3, -0.25) is 0 Å². The fraction of sp³-hybridized carbons (Fsp3) is 0. The molecule has 3 aromatic heterocycles. The number of nitrogens with zero attached hydrogens (tertiary/aromatic N) is 4. The summed E-state index contributed by atoms with van der Waals surface area (Å²) >= 11 is 13.6. The van der Waals surface area contributed by atoms with E-state index in [-0.39, 0.29) is 0 Å². The van der Waals surface area contributed by atoms with E-state index in [2.05, 4.69) is 20.8 Å². The number of thiophene rings is 1. The van der Waals surface area contributed by atoms with Gasteiger partial charge in [0.2, 0.25) is 0 Å². The topological polar surface area (TPSA) is 84.2 Å². The minimum atomic E-state index is -0.423. The van der Waals surface area contributed by atoms with E-state index >= 15 is 0 Å². The van der Waals surface area contributed by atoms with Crippen molar-refractivity contribution in [3.8, 4) is 22.0 Å². The minimum absolute atomic E-state index is 0.356. The molecular weight excluding hydrogens is 467 g/mol. The highest BCUT2D eigenvalue weighted by Gasteiger charge is 2.12. The number of carbonyl (C=O) groups is 1. The Labute approximate surface area is 196 Å². The van der Waals surface area contributed by atoms with Crippen LogP contribution in [0.3, 0.4) is 0 Å². The van der Waals surface area contributed by atoms with Crippen molar-refractivity contribution in [2.45, 2.75) is 0 Å². The van der Waals surface area contributed by atoms with Gasteiger partial charge in [0, 0.05) is 16.3 Å². The molecule has 0 saturated heterocycles. The molecule has 0 aliphatic carbocycles. The molecule has 0 atom stereocenters. The van der Waals surface area contributed by atoms with Crippen molar-refractivity contribution >= 4 is 57.6 Å². The van der Waals surface area contributed by atoms with Crippen LogP contribution in [0.25, 0.3) is 27.6 Å². The van der Waals surface area contributed by atoms with Crippen LogP contribution in [-0.4, -0.2) is 25.8 Å². The molecule has 0 bridgehead atoms. The summed E-state index contributed by atoms with van der Waals surface area (Å²) in [5, 5.41) is 21.5. The fourth-order valence-electron chi connectivity index (χ4n) is 3.13. The SMILES string of the molecule is O=C(Nc1cccc(-c2ccc3nnc(-c4cccs4)n3n2)c1)Nc1ccc(Cl)cc1Cl. The van der Waals surface area contributed by atoms with Gasteiger partial charge in [0.1, 0.15) is 0 Å². The molecule has 0 aliphatic heterocycles. The van der Waals surface area contributed by atoms with Crippen molar-refractivity contribution in [1.29, 1.82) is 0 Å². The summed E-state index contributed by atoms with van der Waals surface area (Å²) in [6.07, 6.45) is 0. The predicted molar refractivity (Wildman–Crippen MR) is 129 cm³/mol. The number of amides is 2. The number of hydrogen-bond donors (Lipinski definition) is 2. The van der Waals surface area contributed by atoms with Crippen LogP contribution in [0.4, 0.5) is 16.2 Å². The van der Waals surface area contributed by atoms with Crippen LogP contribution in [0.5, 0.6) is 0 Å². The molecule has 0 unspecified atom stereocenters. The fourth-order valence-corrected chi connectivity index (χ4v) is 4.28. The number of benzene rings is 2. The lowest BCUT2D eigenvalue weighted by Gasteiger charge is -2.10. The van der Waals surface area contributed by atoms with E-state index in [1.54, 1.807) is 40.1 Å². The largest absolute Gasteiger partial charge is 0.323 e. The summed E-state index contributed by atoms with van der Waals surface area (Å²) in [5.74, 6) is 0.686. The van der Waals surface area contributed by atoms with Gasteiger partial charge < -0.3 is 10.6 Å². The molecule has 5 aromatic rings. The van der Waals surface area contributed by atoms with Crippen molar-refractivity contribution in [2.24, 2.45) is 0 Å². The summed E-state index contributed by atoms with van der Waals surface area (Å²) in [6.45, 7) is 0. The van der Waals surface area contributed by atoms with Crippen LogP contribution in [0, 0.1) is 0 Å². The van der Waals surface area contributed by atoms with Crippen LogP contribution in [0.2, 0.25) is 10.0 Å². The van der Waals surface area contributed by atoms with Crippen molar-refractivity contribution in [1.82, 2.24) is 19.8 Å². The number of urea groups is 1. The summed E-state index contributed by atoms with van der Waals surface area (Å²) < 4.78 is 1.72. The molecule has 2 aromatic carbocycles. The maximum atomic E-state index is 12.4. The summed E-state index contributed by atoms with van der Waals surface area (Å²) in [4.78, 5) is 13.4. The average molecular weight is 481 g/mol. The average Bonchev–Trinajstić information content (AvgIpc) is 3.45. The Morgan fingerprint density at radius 3 is 2.66 bits per heavy atom. The molecule has 5 rings (SSSR count). The number of anilines is 2. The van der Waals surface area contributed by atoms with Gasteiger partial charge in [0.05, 0.1) is 21.3 Å². The Kier molecular flexibility index (Phi) is 5.48. The zero-order chi connectivity index (χ0) is 22.1. The Bertz CT molecular complexity index is 1430. The van der Waals surface area contributed by atoms with E-state index in [1.165, 1.54) is 0 Å². The first-order valence-corrected chi connectivity index (χ1v) is 11.1. The lowest BCUT2D eigenvalue weighted by atomic mass is 10.1. The van der Waals surface area contributed by atoms with Crippen LogP contribution in [0.15, 0.2) is 72.1 Å². The van der Waals surface area contributed by atoms with E-state index in [4.69, 9.17) is 28.3 Å². The van der Waals surface area contributed by atoms with Gasteiger partial charge in [0.15, 0.2) is 11.5 Å². The van der Waals surface area contributed by atoms with Gasteiger partial charge in [-0.05, 0) is 53.9 Å². The second kappa shape index (κ2) is 8.58. The molecule has 7 nitrogen and oxygen atoms in total. The monoisotopic (exact) mass is 480 g/mol. The van der Waals surface area contributed by atoms with Crippen molar-refractivity contribution in [2.75, 3.05) is 10.6 Å². The molecular formula is C22H14Cl2N6OS. The molecule has 0 radical (unpaired) electrons. The first-order valence-electron chi connectivity index (χ1n) is 9.47. The highest BCUT2D eigenvalue weighted by molar-refractivity contribution is 7.13. The van der Waals surface area contributed by atoms with Gasteiger partial charge in [-0.1, -0.05) is 41.4 Å². The third-order valence-corrected chi connectivity index (χ3v) is 6.01. The summed E-state index contributed by atoms with van der Waals surface area (Å²) in [7, 11) is 0. The highest BCUT2D eigenvalue weighted by Crippen LogP contribution is 2.27. The maximum absolute atomic E-state index is 12.4. The third-order valence-electron chi connectivity index (χ3n) is 4.60. The van der Waals surface area contributed by atoms with Crippen LogP contribution < -0.4 is 10.6 Å². The molecule has 0 spiro atoms. The van der Waals surface area contributed by atoms with Gasteiger partial charge in [0.25, 0.3) is 0 Å². The van der Waals surface area contributed by atoms with E-state index in [0.717, 1.165) is 16.1 Å². The Morgan fingerprint density at radius 1 is 0.938 bits per heavy atom. The highest BCUT2D eigenvalue weighted by atomic mass is 35.5.